The number of rotatable bonds is 3. The van der Waals surface area contributed by atoms with Gasteiger partial charge in [0.1, 0.15) is 11.7 Å². The molecule has 1 aliphatic heterocycles. The van der Waals surface area contributed by atoms with Gasteiger partial charge in [0.05, 0.1) is 0 Å². The Morgan fingerprint density at radius 1 is 1.35 bits per heavy atom. The SMILES string of the molecule is CC(C)(OS(=O)(=O)O)C1Cc2cc3ccc(=O)oc3c(O)c2O1. The number of aromatic hydroxyl groups is 1. The molecule has 2 aromatic rings. The summed E-state index contributed by atoms with van der Waals surface area (Å²) in [6.07, 6.45) is -0.519. The number of ether oxygens (including phenoxy) is 1. The highest BCUT2D eigenvalue weighted by molar-refractivity contribution is 7.80. The van der Waals surface area contributed by atoms with Crippen LogP contribution in [0.5, 0.6) is 11.5 Å². The van der Waals surface area contributed by atoms with Crippen molar-refractivity contribution < 1.29 is 31.4 Å². The van der Waals surface area contributed by atoms with E-state index >= 15 is 0 Å². The van der Waals surface area contributed by atoms with Crippen LogP contribution in [0, 0.1) is 0 Å². The van der Waals surface area contributed by atoms with Crippen LogP contribution in [0.4, 0.5) is 0 Å². The second kappa shape index (κ2) is 4.95. The summed E-state index contributed by atoms with van der Waals surface area (Å²) in [5, 5.41) is 10.8. The molecule has 0 bridgehead atoms. The Hall–Kier alpha value is -2.10. The summed E-state index contributed by atoms with van der Waals surface area (Å²) >= 11 is 0. The summed E-state index contributed by atoms with van der Waals surface area (Å²) in [5.74, 6) is -0.232. The van der Waals surface area contributed by atoms with Crippen LogP contribution in [0.15, 0.2) is 27.4 Å². The Kier molecular flexibility index (Phi) is 3.40. The molecule has 0 saturated heterocycles. The van der Waals surface area contributed by atoms with Crippen LogP contribution in [0.2, 0.25) is 0 Å². The van der Waals surface area contributed by atoms with Gasteiger partial charge in [0.25, 0.3) is 0 Å². The minimum Gasteiger partial charge on any atom is -0.502 e. The predicted molar refractivity (Wildman–Crippen MR) is 79.0 cm³/mol. The van der Waals surface area contributed by atoms with Gasteiger partial charge in [-0.25, -0.2) is 8.98 Å². The smallest absolute Gasteiger partial charge is 0.398 e. The summed E-state index contributed by atoms with van der Waals surface area (Å²) in [6.45, 7) is 2.88. The molecule has 124 valence electrons. The standard InChI is InChI=1S/C14H14O8S/c1-14(2,22-23(17,18)19)9-6-8-5-7-3-4-10(15)21-12(7)11(16)13(8)20-9/h3-5,9,16H,6H2,1-2H3,(H,17,18,19). The van der Waals surface area contributed by atoms with Gasteiger partial charge in [-0.15, -0.1) is 0 Å². The first-order chi connectivity index (χ1) is 10.6. The zero-order chi connectivity index (χ0) is 17.0. The quantitative estimate of drug-likeness (QED) is 0.634. The molecule has 1 unspecified atom stereocenters. The van der Waals surface area contributed by atoms with Crippen molar-refractivity contribution in [3.8, 4) is 11.5 Å². The summed E-state index contributed by atoms with van der Waals surface area (Å²) in [5.41, 5.74) is -1.38. The first-order valence-corrected chi connectivity index (χ1v) is 8.07. The van der Waals surface area contributed by atoms with E-state index in [1.165, 1.54) is 26.0 Å². The van der Waals surface area contributed by atoms with Crippen molar-refractivity contribution in [2.45, 2.75) is 32.0 Å². The van der Waals surface area contributed by atoms with Gasteiger partial charge in [-0.3, -0.25) is 4.55 Å². The maximum Gasteiger partial charge on any atom is 0.398 e. The third-order valence-electron chi connectivity index (χ3n) is 3.68. The molecular weight excluding hydrogens is 328 g/mol. The summed E-state index contributed by atoms with van der Waals surface area (Å²) in [6, 6.07) is 4.41. The molecule has 8 nitrogen and oxygen atoms in total. The third kappa shape index (κ3) is 2.90. The highest BCUT2D eigenvalue weighted by Gasteiger charge is 2.42. The highest BCUT2D eigenvalue weighted by Crippen LogP contribution is 2.44. The molecule has 0 saturated carbocycles. The molecule has 0 aliphatic carbocycles. The maximum absolute atomic E-state index is 11.3. The first-order valence-electron chi connectivity index (χ1n) is 6.70. The second-order valence-corrected chi connectivity index (χ2v) is 6.83. The fourth-order valence-electron chi connectivity index (χ4n) is 2.61. The van der Waals surface area contributed by atoms with Crippen molar-refractivity contribution in [2.75, 3.05) is 0 Å². The summed E-state index contributed by atoms with van der Waals surface area (Å²) in [7, 11) is -4.66. The molecule has 1 atom stereocenters. The van der Waals surface area contributed by atoms with Gasteiger partial charge in [0, 0.05) is 23.4 Å². The molecule has 0 fully saturated rings. The van der Waals surface area contributed by atoms with Crippen LogP contribution in [-0.2, 0) is 21.0 Å². The molecule has 23 heavy (non-hydrogen) atoms. The largest absolute Gasteiger partial charge is 0.502 e. The van der Waals surface area contributed by atoms with E-state index in [4.69, 9.17) is 13.7 Å². The zero-order valence-electron chi connectivity index (χ0n) is 12.3. The van der Waals surface area contributed by atoms with E-state index in [2.05, 4.69) is 4.18 Å². The van der Waals surface area contributed by atoms with Crippen molar-refractivity contribution in [1.82, 2.24) is 0 Å². The van der Waals surface area contributed by atoms with Crippen LogP contribution in [0.25, 0.3) is 11.0 Å². The Labute approximate surface area is 131 Å². The molecule has 0 spiro atoms. The van der Waals surface area contributed by atoms with Crippen molar-refractivity contribution >= 4 is 21.4 Å². The average molecular weight is 342 g/mol. The van der Waals surface area contributed by atoms with Crippen molar-refractivity contribution in [3.05, 3.63) is 34.2 Å². The van der Waals surface area contributed by atoms with Gasteiger partial charge in [-0.05, 0) is 26.0 Å². The van der Waals surface area contributed by atoms with E-state index in [9.17, 15) is 18.3 Å². The van der Waals surface area contributed by atoms with Gasteiger partial charge in [-0.2, -0.15) is 8.42 Å². The van der Waals surface area contributed by atoms with Gasteiger partial charge >= 0.3 is 16.0 Å². The highest BCUT2D eigenvalue weighted by atomic mass is 32.3. The van der Waals surface area contributed by atoms with Crippen LogP contribution in [-0.4, -0.2) is 29.8 Å². The third-order valence-corrected chi connectivity index (χ3v) is 4.32. The van der Waals surface area contributed by atoms with E-state index in [-0.39, 0.29) is 23.5 Å². The molecule has 2 N–H and O–H groups in total. The molecule has 1 aliphatic rings. The van der Waals surface area contributed by atoms with E-state index in [1.54, 1.807) is 6.07 Å². The molecule has 1 aromatic heterocycles. The Morgan fingerprint density at radius 2 is 2.04 bits per heavy atom. The Bertz CT molecular complexity index is 941. The molecule has 3 rings (SSSR count). The molecule has 1 aromatic carbocycles. The van der Waals surface area contributed by atoms with E-state index < -0.39 is 27.7 Å². The number of phenolic OH excluding ortho intramolecular Hbond substituents is 1. The summed E-state index contributed by atoms with van der Waals surface area (Å²) in [4.78, 5) is 11.3. The molecule has 2 heterocycles. The number of benzene rings is 1. The lowest BCUT2D eigenvalue weighted by molar-refractivity contribution is -0.00526. The van der Waals surface area contributed by atoms with Crippen LogP contribution in [0.3, 0.4) is 0 Å². The maximum atomic E-state index is 11.3. The van der Waals surface area contributed by atoms with Crippen molar-refractivity contribution in [1.29, 1.82) is 0 Å². The topological polar surface area (TPSA) is 123 Å². The lowest BCUT2D eigenvalue weighted by Gasteiger charge is -2.28. The fraction of sp³-hybridized carbons (Fsp3) is 0.357. The molecular formula is C14H14O8S. The molecule has 0 amide bonds. The van der Waals surface area contributed by atoms with E-state index in [1.807, 2.05) is 0 Å². The van der Waals surface area contributed by atoms with Gasteiger partial charge in [-0.1, -0.05) is 0 Å². The monoisotopic (exact) mass is 342 g/mol. The predicted octanol–water partition coefficient (Wildman–Crippen LogP) is 1.40. The lowest BCUT2D eigenvalue weighted by atomic mass is 9.97. The fourth-order valence-corrected chi connectivity index (χ4v) is 3.26. The minimum absolute atomic E-state index is 0.00888. The average Bonchev–Trinajstić information content (AvgIpc) is 2.82. The minimum atomic E-state index is -4.66. The summed E-state index contributed by atoms with van der Waals surface area (Å²) < 4.78 is 46.0. The van der Waals surface area contributed by atoms with E-state index in [0.29, 0.717) is 10.9 Å². The lowest BCUT2D eigenvalue weighted by Crippen LogP contribution is -2.43. The van der Waals surface area contributed by atoms with Crippen LogP contribution < -0.4 is 10.4 Å². The number of phenols is 1. The van der Waals surface area contributed by atoms with Gasteiger partial charge in [0.2, 0.25) is 5.75 Å². The number of fused-ring (bicyclic) bond motifs is 2. The Balaban J connectivity index is 2.03. The normalized spacial score (nSPS) is 18.0. The van der Waals surface area contributed by atoms with E-state index in [0.717, 1.165) is 0 Å². The second-order valence-electron chi connectivity index (χ2n) is 5.81. The van der Waals surface area contributed by atoms with Gasteiger partial charge in [0.15, 0.2) is 11.3 Å². The Morgan fingerprint density at radius 3 is 2.70 bits per heavy atom. The first kappa shape index (κ1) is 15.8. The number of hydrogen-bond donors (Lipinski definition) is 2. The zero-order valence-corrected chi connectivity index (χ0v) is 13.1. The van der Waals surface area contributed by atoms with Crippen molar-refractivity contribution in [2.24, 2.45) is 0 Å². The van der Waals surface area contributed by atoms with Gasteiger partial charge < -0.3 is 14.3 Å². The molecule has 9 heteroatoms. The van der Waals surface area contributed by atoms with Crippen LogP contribution >= 0.6 is 0 Å². The van der Waals surface area contributed by atoms with Crippen LogP contribution in [0.1, 0.15) is 19.4 Å². The van der Waals surface area contributed by atoms with Crippen molar-refractivity contribution in [3.63, 3.8) is 0 Å². The number of hydrogen-bond acceptors (Lipinski definition) is 7. The molecule has 0 radical (unpaired) electrons.